The first-order valence-corrected chi connectivity index (χ1v) is 6.96. The van der Waals surface area contributed by atoms with Crippen molar-refractivity contribution in [2.45, 2.75) is 11.3 Å². The quantitative estimate of drug-likeness (QED) is 0.395. The third-order valence-corrected chi connectivity index (χ3v) is 3.80. The smallest absolute Gasteiger partial charge is 0.272 e. The maximum atomic E-state index is 13.3. The first-order chi connectivity index (χ1) is 9.58. The number of nitro groups is 1. The van der Waals surface area contributed by atoms with E-state index in [0.29, 0.717) is 17.7 Å². The Morgan fingerprint density at radius 1 is 1.25 bits per heavy atom. The third-order valence-electron chi connectivity index (χ3n) is 2.80. The van der Waals surface area contributed by atoms with Gasteiger partial charge in [0.15, 0.2) is 0 Å². The number of thioether (sulfide) groups is 1. The van der Waals surface area contributed by atoms with Crippen LogP contribution in [-0.4, -0.2) is 10.7 Å². The molecule has 0 unspecified atom stereocenters. The maximum absolute atomic E-state index is 13.3. The second kappa shape index (κ2) is 6.38. The summed E-state index contributed by atoms with van der Waals surface area (Å²) in [5, 5.41) is 10.9. The molecular weight excluding hydrogens is 279 g/mol. The zero-order valence-electron chi connectivity index (χ0n) is 10.6. The Labute approximate surface area is 119 Å². The van der Waals surface area contributed by atoms with Crippen molar-refractivity contribution in [3.05, 3.63) is 64.0 Å². The van der Waals surface area contributed by atoms with Gasteiger partial charge in [-0.3, -0.25) is 10.1 Å². The maximum Gasteiger partial charge on any atom is 0.272 e. The number of nitrogen functional groups attached to an aromatic ring is 1. The Hall–Kier alpha value is -2.08. The number of halogens is 1. The van der Waals surface area contributed by atoms with Crippen LogP contribution in [-0.2, 0) is 6.42 Å². The second-order valence-electron chi connectivity index (χ2n) is 4.17. The van der Waals surface area contributed by atoms with Gasteiger partial charge < -0.3 is 5.73 Å². The molecule has 0 aliphatic rings. The number of rotatable bonds is 5. The molecule has 0 aliphatic heterocycles. The van der Waals surface area contributed by atoms with Crippen LogP contribution in [0.15, 0.2) is 47.4 Å². The van der Waals surface area contributed by atoms with Gasteiger partial charge in [0.25, 0.3) is 5.69 Å². The number of hydrogen-bond donors (Lipinski definition) is 1. The monoisotopic (exact) mass is 292 g/mol. The van der Waals surface area contributed by atoms with Gasteiger partial charge >= 0.3 is 0 Å². The predicted octanol–water partition coefficient (Wildman–Crippen LogP) is 3.65. The van der Waals surface area contributed by atoms with Gasteiger partial charge in [-0.1, -0.05) is 18.2 Å². The fourth-order valence-corrected chi connectivity index (χ4v) is 2.69. The molecule has 0 fully saturated rings. The number of anilines is 1. The Morgan fingerprint density at radius 3 is 2.70 bits per heavy atom. The molecule has 2 aromatic carbocycles. The standard InChI is InChI=1S/C14H13FN2O2S/c15-12-9-11(5-6-13(12)16)20-8-7-10-3-1-2-4-14(10)17(18)19/h1-6,9H,7-8,16H2. The van der Waals surface area contributed by atoms with E-state index in [2.05, 4.69) is 0 Å². The summed E-state index contributed by atoms with van der Waals surface area (Å²) in [5.41, 5.74) is 6.32. The predicted molar refractivity (Wildman–Crippen MR) is 78.3 cm³/mol. The zero-order valence-corrected chi connectivity index (χ0v) is 11.4. The molecule has 2 aromatic rings. The van der Waals surface area contributed by atoms with Crippen LogP contribution in [0.4, 0.5) is 15.8 Å². The van der Waals surface area contributed by atoms with E-state index >= 15 is 0 Å². The lowest BCUT2D eigenvalue weighted by Crippen LogP contribution is -1.97. The molecule has 104 valence electrons. The van der Waals surface area contributed by atoms with Crippen LogP contribution in [0.25, 0.3) is 0 Å². The van der Waals surface area contributed by atoms with Crippen molar-refractivity contribution in [2.24, 2.45) is 0 Å². The van der Waals surface area contributed by atoms with Gasteiger partial charge in [-0.2, -0.15) is 0 Å². The molecule has 0 saturated carbocycles. The molecule has 0 radical (unpaired) electrons. The molecule has 0 amide bonds. The molecule has 0 saturated heterocycles. The summed E-state index contributed by atoms with van der Waals surface area (Å²) in [7, 11) is 0. The van der Waals surface area contributed by atoms with E-state index in [1.165, 1.54) is 30.0 Å². The molecule has 4 nitrogen and oxygen atoms in total. The summed E-state index contributed by atoms with van der Waals surface area (Å²) in [4.78, 5) is 11.2. The summed E-state index contributed by atoms with van der Waals surface area (Å²) in [6, 6.07) is 11.3. The van der Waals surface area contributed by atoms with Crippen molar-refractivity contribution < 1.29 is 9.31 Å². The number of para-hydroxylation sites is 1. The average Bonchev–Trinajstić information content (AvgIpc) is 2.43. The zero-order chi connectivity index (χ0) is 14.5. The van der Waals surface area contributed by atoms with Crippen molar-refractivity contribution in [2.75, 3.05) is 11.5 Å². The van der Waals surface area contributed by atoms with Gasteiger partial charge in [0.2, 0.25) is 0 Å². The Kier molecular flexibility index (Phi) is 4.57. The normalized spacial score (nSPS) is 10.4. The molecule has 0 aromatic heterocycles. The minimum atomic E-state index is -0.444. The highest BCUT2D eigenvalue weighted by atomic mass is 32.2. The lowest BCUT2D eigenvalue weighted by Gasteiger charge is -2.04. The van der Waals surface area contributed by atoms with Crippen molar-refractivity contribution in [3.8, 4) is 0 Å². The lowest BCUT2D eigenvalue weighted by molar-refractivity contribution is -0.385. The number of nitrogens with zero attached hydrogens (tertiary/aromatic N) is 1. The number of nitrogens with two attached hydrogens (primary N) is 1. The molecule has 6 heteroatoms. The minimum absolute atomic E-state index is 0.119. The number of nitro benzene ring substituents is 1. The van der Waals surface area contributed by atoms with Gasteiger partial charge in [0, 0.05) is 22.3 Å². The van der Waals surface area contributed by atoms with Crippen LogP contribution >= 0.6 is 11.8 Å². The molecule has 2 rings (SSSR count). The van der Waals surface area contributed by atoms with Gasteiger partial charge in [0.1, 0.15) is 5.82 Å². The van der Waals surface area contributed by atoms with Crippen LogP contribution in [0.5, 0.6) is 0 Å². The van der Waals surface area contributed by atoms with Gasteiger partial charge in [-0.05, 0) is 24.6 Å². The highest BCUT2D eigenvalue weighted by molar-refractivity contribution is 7.99. The first-order valence-electron chi connectivity index (χ1n) is 5.98. The number of aryl methyl sites for hydroxylation is 1. The van der Waals surface area contributed by atoms with Crippen LogP contribution in [0.1, 0.15) is 5.56 Å². The fourth-order valence-electron chi connectivity index (χ4n) is 1.78. The Morgan fingerprint density at radius 2 is 2.00 bits per heavy atom. The van der Waals surface area contributed by atoms with Crippen molar-refractivity contribution >= 4 is 23.1 Å². The Bertz CT molecular complexity index is 634. The van der Waals surface area contributed by atoms with Crippen molar-refractivity contribution in [3.63, 3.8) is 0 Å². The highest BCUT2D eigenvalue weighted by Gasteiger charge is 2.11. The number of benzene rings is 2. The summed E-state index contributed by atoms with van der Waals surface area (Å²) >= 11 is 1.44. The second-order valence-corrected chi connectivity index (χ2v) is 5.34. The van der Waals surface area contributed by atoms with E-state index in [1.807, 2.05) is 0 Å². The van der Waals surface area contributed by atoms with E-state index in [-0.39, 0.29) is 16.3 Å². The summed E-state index contributed by atoms with van der Waals surface area (Å²) in [6.07, 6.45) is 0.549. The van der Waals surface area contributed by atoms with E-state index in [1.54, 1.807) is 24.3 Å². The third kappa shape index (κ3) is 3.48. The molecule has 20 heavy (non-hydrogen) atoms. The lowest BCUT2D eigenvalue weighted by atomic mass is 10.1. The van der Waals surface area contributed by atoms with Crippen molar-refractivity contribution in [1.29, 1.82) is 0 Å². The van der Waals surface area contributed by atoms with Crippen LogP contribution in [0.2, 0.25) is 0 Å². The molecule has 0 spiro atoms. The van der Waals surface area contributed by atoms with Gasteiger partial charge in [-0.25, -0.2) is 4.39 Å². The number of hydrogen-bond acceptors (Lipinski definition) is 4. The molecule has 2 N–H and O–H groups in total. The minimum Gasteiger partial charge on any atom is -0.396 e. The topological polar surface area (TPSA) is 69.2 Å². The molecule has 0 aliphatic carbocycles. The van der Waals surface area contributed by atoms with E-state index in [9.17, 15) is 14.5 Å². The van der Waals surface area contributed by atoms with Gasteiger partial charge in [-0.15, -0.1) is 11.8 Å². The highest BCUT2D eigenvalue weighted by Crippen LogP contribution is 2.25. The van der Waals surface area contributed by atoms with Gasteiger partial charge in [0.05, 0.1) is 10.6 Å². The van der Waals surface area contributed by atoms with Crippen LogP contribution in [0, 0.1) is 15.9 Å². The molecular formula is C14H13FN2O2S. The van der Waals surface area contributed by atoms with Crippen molar-refractivity contribution in [1.82, 2.24) is 0 Å². The largest absolute Gasteiger partial charge is 0.396 e. The summed E-state index contributed by atoms with van der Waals surface area (Å²) in [6.45, 7) is 0. The summed E-state index contributed by atoms with van der Waals surface area (Å²) < 4.78 is 13.3. The average molecular weight is 292 g/mol. The molecule has 0 atom stereocenters. The van der Waals surface area contributed by atoms with E-state index < -0.39 is 5.82 Å². The fraction of sp³-hybridized carbons (Fsp3) is 0.143. The molecule has 0 heterocycles. The Balaban J connectivity index is 1.99. The van der Waals surface area contributed by atoms with Crippen LogP contribution in [0.3, 0.4) is 0 Å². The van der Waals surface area contributed by atoms with E-state index in [4.69, 9.17) is 5.73 Å². The molecule has 0 bridgehead atoms. The SMILES string of the molecule is Nc1ccc(SCCc2ccccc2[N+](=O)[O-])cc1F. The van der Waals surface area contributed by atoms with Crippen LogP contribution < -0.4 is 5.73 Å². The first kappa shape index (κ1) is 14.3. The summed E-state index contributed by atoms with van der Waals surface area (Å²) in [5.74, 6) is 0.189. The van der Waals surface area contributed by atoms with E-state index in [0.717, 1.165) is 4.90 Å².